The number of carbonyl (C=O) groups is 3. The van der Waals surface area contributed by atoms with Crippen molar-refractivity contribution in [3.8, 4) is 0 Å². The Hall–Kier alpha value is -2.17. The number of imide groups is 1. The van der Waals surface area contributed by atoms with Gasteiger partial charge in [-0.05, 0) is 18.6 Å². The predicted molar refractivity (Wildman–Crippen MR) is 67.2 cm³/mol. The zero-order valence-corrected chi connectivity index (χ0v) is 10.4. The van der Waals surface area contributed by atoms with E-state index >= 15 is 0 Å². The van der Waals surface area contributed by atoms with Crippen LogP contribution >= 0.6 is 0 Å². The number of benzene rings is 1. The Morgan fingerprint density at radius 3 is 2.58 bits per heavy atom. The van der Waals surface area contributed by atoms with Gasteiger partial charge in [0.25, 0.3) is 5.91 Å². The van der Waals surface area contributed by atoms with Gasteiger partial charge in [-0.25, -0.2) is 0 Å². The molecule has 0 aromatic heterocycles. The SMILES string of the molecule is O=C1CC2(CCN(C(=O)c3ccccc3)C2)C(=O)N1. The molecule has 2 saturated heterocycles. The lowest BCUT2D eigenvalue weighted by Crippen LogP contribution is -2.36. The van der Waals surface area contributed by atoms with Gasteiger partial charge >= 0.3 is 0 Å². The van der Waals surface area contributed by atoms with E-state index in [2.05, 4.69) is 5.32 Å². The van der Waals surface area contributed by atoms with Crippen LogP contribution in [0.5, 0.6) is 0 Å². The van der Waals surface area contributed by atoms with E-state index in [1.54, 1.807) is 17.0 Å². The predicted octanol–water partition coefficient (Wildman–Crippen LogP) is 0.565. The Balaban J connectivity index is 1.78. The van der Waals surface area contributed by atoms with Gasteiger partial charge in [0, 0.05) is 25.1 Å². The molecule has 5 heteroatoms. The molecule has 0 radical (unpaired) electrons. The van der Waals surface area contributed by atoms with E-state index in [9.17, 15) is 14.4 Å². The fourth-order valence-corrected chi connectivity index (χ4v) is 2.83. The first-order valence-electron chi connectivity index (χ1n) is 6.29. The summed E-state index contributed by atoms with van der Waals surface area (Å²) in [4.78, 5) is 37.1. The lowest BCUT2D eigenvalue weighted by molar-refractivity contribution is -0.128. The van der Waals surface area contributed by atoms with Gasteiger partial charge < -0.3 is 4.90 Å². The average Bonchev–Trinajstić information content (AvgIpc) is 2.95. The van der Waals surface area contributed by atoms with E-state index in [1.807, 2.05) is 18.2 Å². The maximum atomic E-state index is 12.3. The van der Waals surface area contributed by atoms with Crippen LogP contribution < -0.4 is 5.32 Å². The Morgan fingerprint density at radius 2 is 1.95 bits per heavy atom. The van der Waals surface area contributed by atoms with Gasteiger partial charge in [0.15, 0.2) is 0 Å². The van der Waals surface area contributed by atoms with Crippen molar-refractivity contribution in [3.05, 3.63) is 35.9 Å². The molecular formula is C14H14N2O3. The number of nitrogens with zero attached hydrogens (tertiary/aromatic N) is 1. The monoisotopic (exact) mass is 258 g/mol. The van der Waals surface area contributed by atoms with Crippen LogP contribution in [0, 0.1) is 5.41 Å². The molecule has 0 saturated carbocycles. The fraction of sp³-hybridized carbons (Fsp3) is 0.357. The minimum atomic E-state index is -0.693. The molecule has 1 atom stereocenters. The van der Waals surface area contributed by atoms with Gasteiger partial charge in [0.2, 0.25) is 11.8 Å². The lowest BCUT2D eigenvalue weighted by atomic mass is 9.85. The summed E-state index contributed by atoms with van der Waals surface area (Å²) < 4.78 is 0. The second-order valence-electron chi connectivity index (χ2n) is 5.18. The fourth-order valence-electron chi connectivity index (χ4n) is 2.83. The zero-order valence-electron chi connectivity index (χ0n) is 10.4. The average molecular weight is 258 g/mol. The molecule has 0 aliphatic carbocycles. The van der Waals surface area contributed by atoms with E-state index in [4.69, 9.17) is 0 Å². The Kier molecular flexibility index (Phi) is 2.62. The number of hydrogen-bond donors (Lipinski definition) is 1. The molecule has 1 unspecified atom stereocenters. The van der Waals surface area contributed by atoms with Gasteiger partial charge in [0.1, 0.15) is 0 Å². The number of rotatable bonds is 1. The summed E-state index contributed by atoms with van der Waals surface area (Å²) in [6.07, 6.45) is 0.757. The van der Waals surface area contributed by atoms with Gasteiger partial charge in [-0.15, -0.1) is 0 Å². The largest absolute Gasteiger partial charge is 0.338 e. The van der Waals surface area contributed by atoms with Crippen LogP contribution in [0.1, 0.15) is 23.2 Å². The van der Waals surface area contributed by atoms with E-state index in [0.717, 1.165) is 0 Å². The van der Waals surface area contributed by atoms with Crippen LogP contribution in [-0.2, 0) is 9.59 Å². The molecule has 2 aliphatic heterocycles. The molecule has 2 aliphatic rings. The Morgan fingerprint density at radius 1 is 1.21 bits per heavy atom. The molecular weight excluding hydrogens is 244 g/mol. The highest BCUT2D eigenvalue weighted by Gasteiger charge is 2.51. The minimum Gasteiger partial charge on any atom is -0.338 e. The summed E-state index contributed by atoms with van der Waals surface area (Å²) in [6.45, 7) is 0.854. The van der Waals surface area contributed by atoms with E-state index in [-0.39, 0.29) is 24.1 Å². The molecule has 2 heterocycles. The first-order valence-corrected chi connectivity index (χ1v) is 6.29. The second-order valence-corrected chi connectivity index (χ2v) is 5.18. The highest BCUT2D eigenvalue weighted by molar-refractivity contribution is 6.06. The van der Waals surface area contributed by atoms with Gasteiger partial charge in [-0.3, -0.25) is 19.7 Å². The standard InChI is InChI=1S/C14H14N2O3/c17-11-8-14(13(19)15-11)6-7-16(9-14)12(18)10-4-2-1-3-5-10/h1-5H,6-9H2,(H,15,17,19). The van der Waals surface area contributed by atoms with E-state index in [1.165, 1.54) is 0 Å². The van der Waals surface area contributed by atoms with Crippen LogP contribution in [0.25, 0.3) is 0 Å². The van der Waals surface area contributed by atoms with Crippen LogP contribution in [0.15, 0.2) is 30.3 Å². The van der Waals surface area contributed by atoms with E-state index < -0.39 is 5.41 Å². The summed E-state index contributed by atoms with van der Waals surface area (Å²) >= 11 is 0. The third-order valence-electron chi connectivity index (χ3n) is 3.90. The van der Waals surface area contributed by atoms with Gasteiger partial charge in [-0.1, -0.05) is 18.2 Å². The third kappa shape index (κ3) is 1.91. The maximum Gasteiger partial charge on any atom is 0.253 e. The number of nitrogens with one attached hydrogen (secondary N) is 1. The summed E-state index contributed by atoms with van der Waals surface area (Å²) in [6, 6.07) is 8.99. The Labute approximate surface area is 110 Å². The summed E-state index contributed by atoms with van der Waals surface area (Å²) in [5, 5.41) is 2.33. The first kappa shape index (κ1) is 11.9. The highest BCUT2D eigenvalue weighted by Crippen LogP contribution is 2.38. The van der Waals surface area contributed by atoms with Crippen molar-refractivity contribution in [2.75, 3.05) is 13.1 Å². The number of amides is 3. The molecule has 5 nitrogen and oxygen atoms in total. The van der Waals surface area contributed by atoms with Gasteiger partial charge in [-0.2, -0.15) is 0 Å². The van der Waals surface area contributed by atoms with Crippen LogP contribution in [0.3, 0.4) is 0 Å². The van der Waals surface area contributed by atoms with Crippen molar-refractivity contribution in [3.63, 3.8) is 0 Å². The van der Waals surface area contributed by atoms with Crippen molar-refractivity contribution >= 4 is 17.7 Å². The molecule has 98 valence electrons. The number of hydrogen-bond acceptors (Lipinski definition) is 3. The summed E-state index contributed by atoms with van der Waals surface area (Å²) in [5.41, 5.74) is -0.0779. The first-order chi connectivity index (χ1) is 9.11. The molecule has 3 rings (SSSR count). The zero-order chi connectivity index (χ0) is 13.5. The number of likely N-dealkylation sites (tertiary alicyclic amines) is 1. The van der Waals surface area contributed by atoms with Crippen LogP contribution in [-0.4, -0.2) is 35.7 Å². The normalized spacial score (nSPS) is 26.0. The Bertz CT molecular complexity index is 555. The van der Waals surface area contributed by atoms with Crippen LogP contribution in [0.2, 0.25) is 0 Å². The molecule has 1 aromatic rings. The lowest BCUT2D eigenvalue weighted by Gasteiger charge is -2.20. The molecule has 19 heavy (non-hydrogen) atoms. The quantitative estimate of drug-likeness (QED) is 0.749. The van der Waals surface area contributed by atoms with Crippen molar-refractivity contribution in [1.82, 2.24) is 10.2 Å². The maximum absolute atomic E-state index is 12.3. The van der Waals surface area contributed by atoms with Crippen LogP contribution in [0.4, 0.5) is 0 Å². The summed E-state index contributed by atoms with van der Waals surface area (Å²) in [5.74, 6) is -0.551. The molecule has 3 amide bonds. The second kappa shape index (κ2) is 4.19. The summed E-state index contributed by atoms with van der Waals surface area (Å²) in [7, 11) is 0. The molecule has 1 spiro atoms. The molecule has 0 bridgehead atoms. The van der Waals surface area contributed by atoms with Crippen molar-refractivity contribution in [2.24, 2.45) is 5.41 Å². The molecule has 2 fully saturated rings. The minimum absolute atomic E-state index is 0.0791. The van der Waals surface area contributed by atoms with Crippen molar-refractivity contribution < 1.29 is 14.4 Å². The highest BCUT2D eigenvalue weighted by atomic mass is 16.2. The molecule has 1 N–H and O–H groups in total. The smallest absolute Gasteiger partial charge is 0.253 e. The molecule has 1 aromatic carbocycles. The van der Waals surface area contributed by atoms with E-state index in [0.29, 0.717) is 25.1 Å². The van der Waals surface area contributed by atoms with Crippen molar-refractivity contribution in [2.45, 2.75) is 12.8 Å². The number of carbonyl (C=O) groups excluding carboxylic acids is 3. The van der Waals surface area contributed by atoms with Crippen molar-refractivity contribution in [1.29, 1.82) is 0 Å². The third-order valence-corrected chi connectivity index (χ3v) is 3.90. The topological polar surface area (TPSA) is 66.5 Å². The van der Waals surface area contributed by atoms with Gasteiger partial charge in [0.05, 0.1) is 5.41 Å².